The van der Waals surface area contributed by atoms with Gasteiger partial charge in [0.05, 0.1) is 9.77 Å². The van der Waals surface area contributed by atoms with E-state index in [1.165, 1.54) is 0 Å². The summed E-state index contributed by atoms with van der Waals surface area (Å²) in [6.07, 6.45) is 4.44. The first-order valence-corrected chi connectivity index (χ1v) is 6.31. The Hall–Kier alpha value is -0.690. The second-order valence-electron chi connectivity index (χ2n) is 3.34. The van der Waals surface area contributed by atoms with Crippen LogP contribution in [0.1, 0.15) is 18.3 Å². The second-order valence-corrected chi connectivity index (χ2v) is 4.94. The minimum absolute atomic E-state index is 0.493. The number of rotatable bonds is 2. The zero-order valence-corrected chi connectivity index (χ0v) is 11.8. The summed E-state index contributed by atoms with van der Waals surface area (Å²) in [5.74, 6) is 1.48. The molecule has 16 heavy (non-hydrogen) atoms. The van der Waals surface area contributed by atoms with Gasteiger partial charge in [0.1, 0.15) is 11.0 Å². The lowest BCUT2D eigenvalue weighted by Crippen LogP contribution is -2.06. The van der Waals surface area contributed by atoms with Crippen LogP contribution in [0.5, 0.6) is 0 Å². The van der Waals surface area contributed by atoms with Gasteiger partial charge in [0.15, 0.2) is 5.82 Å². The molecule has 0 N–H and O–H groups in total. The number of aryl methyl sites for hydroxylation is 1. The SMILES string of the molecule is CCc1nc(Cl)c(C)c(-n2cc(I)cn2)n1. The van der Waals surface area contributed by atoms with Gasteiger partial charge in [0.2, 0.25) is 0 Å². The molecular formula is C10H10ClIN4. The van der Waals surface area contributed by atoms with Crippen LogP contribution in [0, 0.1) is 10.5 Å². The summed E-state index contributed by atoms with van der Waals surface area (Å²) >= 11 is 8.27. The standard InChI is InChI=1S/C10H10ClIN4/c1-3-8-14-9(11)6(2)10(15-8)16-5-7(12)4-13-16/h4-5H,3H2,1-2H3. The Morgan fingerprint density at radius 2 is 2.19 bits per heavy atom. The first kappa shape index (κ1) is 11.8. The second kappa shape index (κ2) is 4.67. The molecule has 84 valence electrons. The van der Waals surface area contributed by atoms with Gasteiger partial charge < -0.3 is 0 Å². The van der Waals surface area contributed by atoms with Crippen LogP contribution in [0.2, 0.25) is 5.15 Å². The van der Waals surface area contributed by atoms with Crippen LogP contribution in [-0.2, 0) is 6.42 Å². The Labute approximate surface area is 112 Å². The van der Waals surface area contributed by atoms with Crippen LogP contribution in [0.15, 0.2) is 12.4 Å². The normalized spacial score (nSPS) is 10.8. The maximum absolute atomic E-state index is 6.06. The average Bonchev–Trinajstić information content (AvgIpc) is 2.68. The predicted molar refractivity (Wildman–Crippen MR) is 71.0 cm³/mol. The van der Waals surface area contributed by atoms with E-state index in [9.17, 15) is 0 Å². The monoisotopic (exact) mass is 348 g/mol. The number of halogens is 2. The van der Waals surface area contributed by atoms with Crippen LogP contribution in [0.3, 0.4) is 0 Å². The molecule has 0 saturated carbocycles. The molecule has 4 nitrogen and oxygen atoms in total. The number of hydrogen-bond acceptors (Lipinski definition) is 3. The van der Waals surface area contributed by atoms with Crippen molar-refractivity contribution in [2.45, 2.75) is 20.3 Å². The summed E-state index contributed by atoms with van der Waals surface area (Å²) < 4.78 is 2.79. The molecule has 0 bridgehead atoms. The van der Waals surface area contributed by atoms with Gasteiger partial charge in [-0.15, -0.1) is 0 Å². The highest BCUT2D eigenvalue weighted by molar-refractivity contribution is 14.1. The number of nitrogens with zero attached hydrogens (tertiary/aromatic N) is 4. The van der Waals surface area contributed by atoms with Crippen LogP contribution in [-0.4, -0.2) is 19.7 Å². The molecular weight excluding hydrogens is 338 g/mol. The van der Waals surface area contributed by atoms with E-state index >= 15 is 0 Å². The van der Waals surface area contributed by atoms with Crippen LogP contribution < -0.4 is 0 Å². The van der Waals surface area contributed by atoms with E-state index < -0.39 is 0 Å². The Kier molecular flexibility index (Phi) is 3.44. The molecule has 0 aliphatic heterocycles. The van der Waals surface area contributed by atoms with E-state index in [-0.39, 0.29) is 0 Å². The van der Waals surface area contributed by atoms with Gasteiger partial charge in [-0.1, -0.05) is 18.5 Å². The van der Waals surface area contributed by atoms with E-state index in [1.54, 1.807) is 10.9 Å². The third-order valence-electron chi connectivity index (χ3n) is 2.19. The lowest BCUT2D eigenvalue weighted by atomic mass is 10.3. The highest BCUT2D eigenvalue weighted by atomic mass is 127. The smallest absolute Gasteiger partial charge is 0.161 e. The fourth-order valence-electron chi connectivity index (χ4n) is 1.32. The first-order valence-electron chi connectivity index (χ1n) is 4.85. The van der Waals surface area contributed by atoms with E-state index in [0.29, 0.717) is 5.15 Å². The summed E-state index contributed by atoms with van der Waals surface area (Å²) in [6.45, 7) is 3.89. The van der Waals surface area contributed by atoms with E-state index in [4.69, 9.17) is 11.6 Å². The summed E-state index contributed by atoms with van der Waals surface area (Å²) in [5, 5.41) is 4.72. The minimum Gasteiger partial charge on any atom is -0.221 e. The Bertz CT molecular complexity index is 524. The molecule has 0 aromatic carbocycles. The van der Waals surface area contributed by atoms with E-state index in [2.05, 4.69) is 37.7 Å². The van der Waals surface area contributed by atoms with Crippen molar-refractivity contribution in [2.75, 3.05) is 0 Å². The highest BCUT2D eigenvalue weighted by Gasteiger charge is 2.11. The first-order chi connectivity index (χ1) is 7.61. The van der Waals surface area contributed by atoms with Crippen molar-refractivity contribution in [2.24, 2.45) is 0 Å². The van der Waals surface area contributed by atoms with Crippen molar-refractivity contribution < 1.29 is 0 Å². The maximum atomic E-state index is 6.06. The maximum Gasteiger partial charge on any atom is 0.161 e. The minimum atomic E-state index is 0.493. The zero-order valence-electron chi connectivity index (χ0n) is 8.91. The molecule has 0 aliphatic rings. The summed E-state index contributed by atoms with van der Waals surface area (Å²) in [7, 11) is 0. The molecule has 0 aliphatic carbocycles. The van der Waals surface area contributed by atoms with Gasteiger partial charge in [-0.05, 0) is 29.5 Å². The largest absolute Gasteiger partial charge is 0.221 e. The van der Waals surface area contributed by atoms with E-state index in [0.717, 1.165) is 27.2 Å². The molecule has 0 unspecified atom stereocenters. The molecule has 2 rings (SSSR count). The van der Waals surface area contributed by atoms with Crippen molar-refractivity contribution in [1.82, 2.24) is 19.7 Å². The molecule has 2 aromatic rings. The lowest BCUT2D eigenvalue weighted by Gasteiger charge is -2.07. The molecule has 6 heteroatoms. The van der Waals surface area contributed by atoms with Crippen molar-refractivity contribution in [1.29, 1.82) is 0 Å². The van der Waals surface area contributed by atoms with Crippen LogP contribution in [0.25, 0.3) is 5.82 Å². The molecule has 0 saturated heterocycles. The van der Waals surface area contributed by atoms with Gasteiger partial charge in [-0.2, -0.15) is 5.10 Å². The molecule has 2 aromatic heterocycles. The Morgan fingerprint density at radius 3 is 2.75 bits per heavy atom. The number of aromatic nitrogens is 4. The lowest BCUT2D eigenvalue weighted by molar-refractivity contribution is 0.802. The van der Waals surface area contributed by atoms with Gasteiger partial charge in [0, 0.05) is 18.2 Å². The molecule has 0 amide bonds. The fourth-order valence-corrected chi connectivity index (χ4v) is 1.89. The van der Waals surface area contributed by atoms with Crippen molar-refractivity contribution in [3.8, 4) is 5.82 Å². The van der Waals surface area contributed by atoms with Crippen molar-refractivity contribution in [3.05, 3.63) is 32.5 Å². The summed E-state index contributed by atoms with van der Waals surface area (Å²) in [4.78, 5) is 8.63. The Morgan fingerprint density at radius 1 is 1.44 bits per heavy atom. The topological polar surface area (TPSA) is 43.6 Å². The molecule has 0 atom stereocenters. The van der Waals surface area contributed by atoms with E-state index in [1.807, 2.05) is 20.0 Å². The van der Waals surface area contributed by atoms with Gasteiger partial charge >= 0.3 is 0 Å². The summed E-state index contributed by atoms with van der Waals surface area (Å²) in [6, 6.07) is 0. The van der Waals surface area contributed by atoms with Gasteiger partial charge in [-0.25, -0.2) is 14.6 Å². The summed E-state index contributed by atoms with van der Waals surface area (Å²) in [5.41, 5.74) is 0.846. The quantitative estimate of drug-likeness (QED) is 0.619. The third kappa shape index (κ3) is 2.20. The third-order valence-corrected chi connectivity index (χ3v) is 3.12. The highest BCUT2D eigenvalue weighted by Crippen LogP contribution is 2.19. The number of hydrogen-bond donors (Lipinski definition) is 0. The van der Waals surface area contributed by atoms with Gasteiger partial charge in [0.25, 0.3) is 0 Å². The van der Waals surface area contributed by atoms with Crippen molar-refractivity contribution in [3.63, 3.8) is 0 Å². The Balaban J connectivity index is 2.59. The molecule has 0 radical (unpaired) electrons. The zero-order chi connectivity index (χ0) is 11.7. The van der Waals surface area contributed by atoms with Crippen LogP contribution in [0.4, 0.5) is 0 Å². The molecule has 0 spiro atoms. The fraction of sp³-hybridized carbons (Fsp3) is 0.300. The van der Waals surface area contributed by atoms with Gasteiger partial charge in [-0.3, -0.25) is 0 Å². The van der Waals surface area contributed by atoms with Crippen molar-refractivity contribution >= 4 is 34.2 Å². The van der Waals surface area contributed by atoms with Crippen LogP contribution >= 0.6 is 34.2 Å². The predicted octanol–water partition coefficient (Wildman–Crippen LogP) is 2.79. The molecule has 2 heterocycles. The average molecular weight is 349 g/mol. The molecule has 0 fully saturated rings.